The van der Waals surface area contributed by atoms with Crippen molar-refractivity contribution in [3.63, 3.8) is 0 Å². The van der Waals surface area contributed by atoms with Crippen LogP contribution in [0.2, 0.25) is 0 Å². The molecule has 2 aromatic heterocycles. The summed E-state index contributed by atoms with van der Waals surface area (Å²) in [6, 6.07) is 6.78. The van der Waals surface area contributed by atoms with Gasteiger partial charge in [0.05, 0.1) is 0 Å². The molecular weight excluding hydrogens is 292 g/mol. The lowest BCUT2D eigenvalue weighted by Gasteiger charge is -2.18. The van der Waals surface area contributed by atoms with E-state index < -0.39 is 0 Å². The molecule has 0 aliphatic carbocycles. The lowest BCUT2D eigenvalue weighted by molar-refractivity contribution is 0.570. The van der Waals surface area contributed by atoms with Crippen molar-refractivity contribution in [3.05, 3.63) is 59.2 Å². The van der Waals surface area contributed by atoms with Gasteiger partial charge >= 0.3 is 0 Å². The van der Waals surface area contributed by atoms with Crippen molar-refractivity contribution in [2.75, 3.05) is 0 Å². The molecule has 0 radical (unpaired) electrons. The molecular formula is C22H32N2. The fourth-order valence-electron chi connectivity index (χ4n) is 2.98. The minimum atomic E-state index is 0.487. The first kappa shape index (κ1) is 18.6. The Hall–Kier alpha value is -1.70. The van der Waals surface area contributed by atoms with E-state index in [0.29, 0.717) is 23.7 Å². The van der Waals surface area contributed by atoms with Crippen LogP contribution >= 0.6 is 0 Å². The average Bonchev–Trinajstić information content (AvgIpc) is 2.59. The maximum atomic E-state index is 4.48. The average molecular weight is 325 g/mol. The van der Waals surface area contributed by atoms with Crippen LogP contribution < -0.4 is 0 Å². The van der Waals surface area contributed by atoms with Crippen LogP contribution in [-0.4, -0.2) is 9.97 Å². The van der Waals surface area contributed by atoms with E-state index in [2.05, 4.69) is 69.7 Å². The summed E-state index contributed by atoms with van der Waals surface area (Å²) in [5, 5.41) is 0. The Morgan fingerprint density at radius 3 is 2.00 bits per heavy atom. The Labute approximate surface area is 147 Å². The maximum Gasteiger partial charge on any atom is 0.0431 e. The van der Waals surface area contributed by atoms with Gasteiger partial charge in [0.15, 0.2) is 0 Å². The van der Waals surface area contributed by atoms with Crippen LogP contribution in [-0.2, 0) is 0 Å². The molecule has 2 nitrogen and oxygen atoms in total. The van der Waals surface area contributed by atoms with E-state index in [4.69, 9.17) is 0 Å². The van der Waals surface area contributed by atoms with Gasteiger partial charge in [0.25, 0.3) is 0 Å². The molecule has 0 aliphatic heterocycles. The molecule has 2 rings (SSSR count). The number of aromatic nitrogens is 2. The molecule has 2 atom stereocenters. The van der Waals surface area contributed by atoms with Crippen molar-refractivity contribution in [1.82, 2.24) is 9.97 Å². The largest absolute Gasteiger partial charge is 0.264 e. The summed E-state index contributed by atoms with van der Waals surface area (Å²) in [6.45, 7) is 13.5. The van der Waals surface area contributed by atoms with E-state index in [1.54, 1.807) is 0 Å². The van der Waals surface area contributed by atoms with Crippen LogP contribution in [0.25, 0.3) is 0 Å². The molecule has 2 aromatic rings. The zero-order valence-electron chi connectivity index (χ0n) is 16.1. The van der Waals surface area contributed by atoms with E-state index in [-0.39, 0.29) is 0 Å². The van der Waals surface area contributed by atoms with Crippen molar-refractivity contribution in [3.8, 4) is 0 Å². The summed E-state index contributed by atoms with van der Waals surface area (Å²) < 4.78 is 0. The number of rotatable bonds is 7. The van der Waals surface area contributed by atoms with Gasteiger partial charge in [-0.1, -0.05) is 47.6 Å². The predicted octanol–water partition coefficient (Wildman–Crippen LogP) is 6.41. The van der Waals surface area contributed by atoms with Gasteiger partial charge in [-0.3, -0.25) is 9.97 Å². The SMILES string of the molecule is CC(C)c1cncc(C(C)CCC(C)c2ccnc(C(C)C)c2)c1. The van der Waals surface area contributed by atoms with E-state index in [9.17, 15) is 0 Å². The van der Waals surface area contributed by atoms with E-state index >= 15 is 0 Å². The van der Waals surface area contributed by atoms with Gasteiger partial charge < -0.3 is 0 Å². The van der Waals surface area contributed by atoms with Gasteiger partial charge in [0.1, 0.15) is 0 Å². The highest BCUT2D eigenvalue weighted by atomic mass is 14.7. The van der Waals surface area contributed by atoms with Crippen molar-refractivity contribution < 1.29 is 0 Å². The molecule has 0 amide bonds. The van der Waals surface area contributed by atoms with Crippen LogP contribution in [0.1, 0.15) is 100 Å². The van der Waals surface area contributed by atoms with Gasteiger partial charge in [0, 0.05) is 24.3 Å². The molecule has 0 aliphatic rings. The molecule has 0 bridgehead atoms. The molecule has 0 aromatic carbocycles. The topological polar surface area (TPSA) is 25.8 Å². The first-order valence-electron chi connectivity index (χ1n) is 9.29. The third-order valence-electron chi connectivity index (χ3n) is 5.01. The minimum Gasteiger partial charge on any atom is -0.264 e. The Kier molecular flexibility index (Phi) is 6.53. The lowest BCUT2D eigenvalue weighted by atomic mass is 9.88. The second-order valence-corrected chi connectivity index (χ2v) is 7.75. The fraction of sp³-hybridized carbons (Fsp3) is 0.545. The van der Waals surface area contributed by atoms with Crippen molar-refractivity contribution in [2.45, 2.75) is 78.1 Å². The quantitative estimate of drug-likeness (QED) is 0.588. The minimum absolute atomic E-state index is 0.487. The maximum absolute atomic E-state index is 4.48. The molecule has 0 spiro atoms. The molecule has 130 valence electrons. The molecule has 2 heteroatoms. The van der Waals surface area contributed by atoms with Crippen LogP contribution in [0, 0.1) is 0 Å². The lowest BCUT2D eigenvalue weighted by Crippen LogP contribution is -2.02. The number of hydrogen-bond donors (Lipinski definition) is 0. The molecule has 2 heterocycles. The van der Waals surface area contributed by atoms with Crippen LogP contribution in [0.4, 0.5) is 0 Å². The van der Waals surface area contributed by atoms with E-state index in [0.717, 1.165) is 0 Å². The van der Waals surface area contributed by atoms with E-state index in [1.165, 1.54) is 35.2 Å². The van der Waals surface area contributed by atoms with E-state index in [1.807, 2.05) is 18.6 Å². The first-order valence-corrected chi connectivity index (χ1v) is 9.29. The third kappa shape index (κ3) is 4.90. The second-order valence-electron chi connectivity index (χ2n) is 7.75. The summed E-state index contributed by atoms with van der Waals surface area (Å²) in [6.07, 6.45) is 8.36. The van der Waals surface area contributed by atoms with Crippen molar-refractivity contribution >= 4 is 0 Å². The summed E-state index contributed by atoms with van der Waals surface area (Å²) in [4.78, 5) is 8.92. The van der Waals surface area contributed by atoms with Gasteiger partial charge in [0.2, 0.25) is 0 Å². The van der Waals surface area contributed by atoms with Gasteiger partial charge in [-0.05, 0) is 65.3 Å². The number of hydrogen-bond acceptors (Lipinski definition) is 2. The first-order chi connectivity index (χ1) is 11.4. The molecule has 0 saturated carbocycles. The normalized spacial score (nSPS) is 14.2. The molecule has 0 saturated heterocycles. The Morgan fingerprint density at radius 1 is 0.750 bits per heavy atom. The fourth-order valence-corrected chi connectivity index (χ4v) is 2.98. The van der Waals surface area contributed by atoms with Gasteiger partial charge in [-0.15, -0.1) is 0 Å². The molecule has 0 N–H and O–H groups in total. The Balaban J connectivity index is 1.99. The highest BCUT2D eigenvalue weighted by molar-refractivity contribution is 5.24. The highest BCUT2D eigenvalue weighted by Gasteiger charge is 2.13. The number of pyridine rings is 2. The monoisotopic (exact) mass is 324 g/mol. The third-order valence-corrected chi connectivity index (χ3v) is 5.01. The smallest absolute Gasteiger partial charge is 0.0431 e. The Morgan fingerprint density at radius 2 is 1.38 bits per heavy atom. The zero-order chi connectivity index (χ0) is 17.7. The predicted molar refractivity (Wildman–Crippen MR) is 103 cm³/mol. The molecule has 2 unspecified atom stereocenters. The molecule has 24 heavy (non-hydrogen) atoms. The van der Waals surface area contributed by atoms with Crippen LogP contribution in [0.15, 0.2) is 36.8 Å². The van der Waals surface area contributed by atoms with Gasteiger partial charge in [-0.2, -0.15) is 0 Å². The molecule has 0 fully saturated rings. The summed E-state index contributed by atoms with van der Waals surface area (Å²) in [7, 11) is 0. The van der Waals surface area contributed by atoms with Crippen LogP contribution in [0.3, 0.4) is 0 Å². The van der Waals surface area contributed by atoms with Gasteiger partial charge in [-0.25, -0.2) is 0 Å². The highest BCUT2D eigenvalue weighted by Crippen LogP contribution is 2.29. The standard InChI is InChI=1S/C22H32N2/c1-15(2)20-11-21(14-23-13-20)18(6)8-7-17(5)19-9-10-24-22(12-19)16(3)4/h9-18H,7-8H2,1-6H3. The number of nitrogens with zero attached hydrogens (tertiary/aromatic N) is 2. The van der Waals surface area contributed by atoms with Crippen molar-refractivity contribution in [1.29, 1.82) is 0 Å². The Bertz CT molecular complexity index is 588. The summed E-state index contributed by atoms with van der Waals surface area (Å²) in [5.41, 5.74) is 5.31. The second kappa shape index (κ2) is 8.41. The summed E-state index contributed by atoms with van der Waals surface area (Å²) in [5.74, 6) is 2.13. The summed E-state index contributed by atoms with van der Waals surface area (Å²) >= 11 is 0. The van der Waals surface area contributed by atoms with Crippen molar-refractivity contribution in [2.24, 2.45) is 0 Å². The van der Waals surface area contributed by atoms with Crippen LogP contribution in [0.5, 0.6) is 0 Å². The zero-order valence-corrected chi connectivity index (χ0v) is 16.1.